The van der Waals surface area contributed by atoms with Crippen molar-refractivity contribution in [1.29, 1.82) is 0 Å². The fraction of sp³-hybridized carbons (Fsp3) is 0.667. The first-order valence-electron chi connectivity index (χ1n) is 10.9. The number of nitrogens with zero attached hydrogens (tertiary/aromatic N) is 1. The van der Waals surface area contributed by atoms with Gasteiger partial charge in [-0.15, -0.1) is 0 Å². The first-order valence-corrected chi connectivity index (χ1v) is 10.9. The summed E-state index contributed by atoms with van der Waals surface area (Å²) in [6, 6.07) is 8.07. The van der Waals surface area contributed by atoms with Gasteiger partial charge in [0.2, 0.25) is 11.8 Å². The smallest absolute Gasteiger partial charge is 0.227 e. The van der Waals surface area contributed by atoms with Crippen LogP contribution < -0.4 is 5.32 Å². The molecule has 1 aliphatic heterocycles. The highest BCUT2D eigenvalue weighted by atomic mass is 16.2. The number of carbonyl (C=O) groups excluding carboxylic acids is 2. The lowest BCUT2D eigenvalue weighted by atomic mass is 9.80. The number of amides is 2. The van der Waals surface area contributed by atoms with Gasteiger partial charge in [-0.1, -0.05) is 45.9 Å². The summed E-state index contributed by atoms with van der Waals surface area (Å²) < 4.78 is 0. The molecular weight excluding hydrogens is 348 g/mol. The number of nitrogens with one attached hydrogen (secondary N) is 1. The molecule has 0 aromatic heterocycles. The second-order valence-electron chi connectivity index (χ2n) is 9.84. The number of likely N-dealkylation sites (tertiary alicyclic amines) is 1. The van der Waals surface area contributed by atoms with Crippen LogP contribution in [0.4, 0.5) is 5.69 Å². The Morgan fingerprint density at radius 3 is 2.11 bits per heavy atom. The highest BCUT2D eigenvalue weighted by molar-refractivity contribution is 5.93. The first-order chi connectivity index (χ1) is 13.3. The van der Waals surface area contributed by atoms with Crippen molar-refractivity contribution in [2.24, 2.45) is 17.8 Å². The molecule has 1 N–H and O–H groups in total. The molecular formula is C24H36N2O2. The van der Waals surface area contributed by atoms with Crippen molar-refractivity contribution in [2.45, 2.75) is 71.6 Å². The van der Waals surface area contributed by atoms with Crippen LogP contribution in [-0.4, -0.2) is 29.8 Å². The van der Waals surface area contributed by atoms with Crippen LogP contribution in [0.1, 0.15) is 71.8 Å². The molecule has 2 fully saturated rings. The van der Waals surface area contributed by atoms with Crippen LogP contribution in [-0.2, 0) is 15.0 Å². The van der Waals surface area contributed by atoms with E-state index in [4.69, 9.17) is 0 Å². The van der Waals surface area contributed by atoms with E-state index in [0.29, 0.717) is 5.91 Å². The van der Waals surface area contributed by atoms with Crippen molar-refractivity contribution < 1.29 is 9.59 Å². The van der Waals surface area contributed by atoms with Crippen LogP contribution in [0.25, 0.3) is 0 Å². The summed E-state index contributed by atoms with van der Waals surface area (Å²) >= 11 is 0. The quantitative estimate of drug-likeness (QED) is 0.798. The predicted octanol–water partition coefficient (Wildman–Crippen LogP) is 4.99. The van der Waals surface area contributed by atoms with E-state index in [2.05, 4.69) is 44.0 Å². The van der Waals surface area contributed by atoms with Crippen molar-refractivity contribution >= 4 is 17.5 Å². The molecule has 154 valence electrons. The van der Waals surface area contributed by atoms with Gasteiger partial charge in [0.05, 0.1) is 0 Å². The lowest BCUT2D eigenvalue weighted by Gasteiger charge is -2.35. The van der Waals surface area contributed by atoms with E-state index in [0.717, 1.165) is 68.8 Å². The van der Waals surface area contributed by atoms with Gasteiger partial charge in [-0.25, -0.2) is 0 Å². The Morgan fingerprint density at radius 1 is 0.929 bits per heavy atom. The van der Waals surface area contributed by atoms with Crippen LogP contribution >= 0.6 is 0 Å². The number of rotatable bonds is 3. The van der Waals surface area contributed by atoms with E-state index in [1.807, 2.05) is 18.2 Å². The summed E-state index contributed by atoms with van der Waals surface area (Å²) in [5.41, 5.74) is 2.06. The average Bonchev–Trinajstić information content (AvgIpc) is 2.68. The van der Waals surface area contributed by atoms with Crippen molar-refractivity contribution in [3.63, 3.8) is 0 Å². The molecule has 0 bridgehead atoms. The van der Waals surface area contributed by atoms with Crippen LogP contribution in [0.15, 0.2) is 24.3 Å². The number of piperidine rings is 1. The Hall–Kier alpha value is -1.84. The Bertz CT molecular complexity index is 691. The van der Waals surface area contributed by atoms with E-state index < -0.39 is 0 Å². The molecule has 0 spiro atoms. The van der Waals surface area contributed by atoms with Crippen LogP contribution in [0, 0.1) is 17.8 Å². The average molecular weight is 385 g/mol. The standard InChI is InChI=1S/C24H36N2O2/c1-17-13-15-26(16-14-17)23(28)19-11-9-18(10-12-19)22(27)25-21-8-6-5-7-20(21)24(2,3)4/h5-8,17-19H,9-16H2,1-4H3,(H,25,27). The lowest BCUT2D eigenvalue weighted by molar-refractivity contribution is -0.139. The van der Waals surface area contributed by atoms with Crippen LogP contribution in [0.2, 0.25) is 0 Å². The van der Waals surface area contributed by atoms with Crippen molar-refractivity contribution in [3.05, 3.63) is 29.8 Å². The van der Waals surface area contributed by atoms with Gasteiger partial charge in [0.1, 0.15) is 0 Å². The molecule has 4 heteroatoms. The molecule has 28 heavy (non-hydrogen) atoms. The zero-order valence-electron chi connectivity index (χ0n) is 18.0. The Kier molecular flexibility index (Phi) is 6.47. The topological polar surface area (TPSA) is 49.4 Å². The molecule has 1 saturated heterocycles. The number of hydrogen-bond donors (Lipinski definition) is 1. The van der Waals surface area contributed by atoms with E-state index in [-0.39, 0.29) is 23.2 Å². The summed E-state index contributed by atoms with van der Waals surface area (Å²) in [6.45, 7) is 10.6. The number of benzene rings is 1. The van der Waals surface area contributed by atoms with E-state index >= 15 is 0 Å². The molecule has 2 amide bonds. The third-order valence-corrected chi connectivity index (χ3v) is 6.54. The summed E-state index contributed by atoms with van der Waals surface area (Å²) in [5.74, 6) is 1.29. The van der Waals surface area contributed by atoms with Gasteiger partial charge >= 0.3 is 0 Å². The minimum Gasteiger partial charge on any atom is -0.342 e. The Labute approximate surface area is 170 Å². The number of para-hydroxylation sites is 1. The first kappa shape index (κ1) is 20.9. The normalized spacial score (nSPS) is 24.1. The summed E-state index contributed by atoms with van der Waals surface area (Å²) in [7, 11) is 0. The molecule has 1 aromatic carbocycles. The molecule has 0 unspecified atom stereocenters. The second-order valence-corrected chi connectivity index (χ2v) is 9.84. The van der Waals surface area contributed by atoms with Crippen molar-refractivity contribution in [3.8, 4) is 0 Å². The second kappa shape index (κ2) is 8.67. The maximum Gasteiger partial charge on any atom is 0.227 e. The molecule has 2 aliphatic rings. The Morgan fingerprint density at radius 2 is 1.50 bits per heavy atom. The fourth-order valence-corrected chi connectivity index (χ4v) is 4.57. The number of carbonyl (C=O) groups is 2. The highest BCUT2D eigenvalue weighted by Gasteiger charge is 2.33. The number of anilines is 1. The Balaban J connectivity index is 1.54. The van der Waals surface area contributed by atoms with Gasteiger partial charge in [-0.2, -0.15) is 0 Å². The maximum atomic E-state index is 12.9. The minimum absolute atomic E-state index is 0.0125. The fourth-order valence-electron chi connectivity index (χ4n) is 4.57. The van der Waals surface area contributed by atoms with Crippen LogP contribution in [0.5, 0.6) is 0 Å². The SMILES string of the molecule is CC1CCN(C(=O)C2CCC(C(=O)Nc3ccccc3C(C)(C)C)CC2)CC1. The molecule has 1 aliphatic carbocycles. The minimum atomic E-state index is -0.0140. The van der Waals surface area contributed by atoms with E-state index in [1.54, 1.807) is 0 Å². The van der Waals surface area contributed by atoms with Crippen molar-refractivity contribution in [2.75, 3.05) is 18.4 Å². The van der Waals surface area contributed by atoms with Gasteiger partial charge < -0.3 is 10.2 Å². The summed E-state index contributed by atoms with van der Waals surface area (Å²) in [6.07, 6.45) is 5.54. The molecule has 0 radical (unpaired) electrons. The predicted molar refractivity (Wildman–Crippen MR) is 114 cm³/mol. The largest absolute Gasteiger partial charge is 0.342 e. The molecule has 1 saturated carbocycles. The summed E-state index contributed by atoms with van der Waals surface area (Å²) in [5, 5.41) is 3.16. The zero-order valence-corrected chi connectivity index (χ0v) is 18.0. The van der Waals surface area contributed by atoms with Gasteiger partial charge in [0.25, 0.3) is 0 Å². The maximum absolute atomic E-state index is 12.9. The van der Waals surface area contributed by atoms with Gasteiger partial charge in [-0.05, 0) is 61.5 Å². The van der Waals surface area contributed by atoms with Gasteiger partial charge in [0.15, 0.2) is 0 Å². The zero-order chi connectivity index (χ0) is 20.3. The summed E-state index contributed by atoms with van der Waals surface area (Å²) in [4.78, 5) is 27.7. The number of hydrogen-bond acceptors (Lipinski definition) is 2. The molecule has 1 aromatic rings. The lowest BCUT2D eigenvalue weighted by Crippen LogP contribution is -2.42. The molecule has 0 atom stereocenters. The van der Waals surface area contributed by atoms with Gasteiger partial charge in [-0.3, -0.25) is 9.59 Å². The van der Waals surface area contributed by atoms with E-state index in [9.17, 15) is 9.59 Å². The third kappa shape index (κ3) is 4.95. The molecule has 3 rings (SSSR count). The molecule has 4 nitrogen and oxygen atoms in total. The van der Waals surface area contributed by atoms with Gasteiger partial charge in [0, 0.05) is 30.6 Å². The molecule has 1 heterocycles. The van der Waals surface area contributed by atoms with E-state index in [1.165, 1.54) is 0 Å². The van der Waals surface area contributed by atoms with Crippen molar-refractivity contribution in [1.82, 2.24) is 4.90 Å². The highest BCUT2D eigenvalue weighted by Crippen LogP contribution is 2.34. The third-order valence-electron chi connectivity index (χ3n) is 6.54. The van der Waals surface area contributed by atoms with Crippen LogP contribution in [0.3, 0.4) is 0 Å². The monoisotopic (exact) mass is 384 g/mol.